The summed E-state index contributed by atoms with van der Waals surface area (Å²) in [4.78, 5) is 21.5. The maximum atomic E-state index is 13.6. The number of carbonyl (C=O) groups excluding carboxylic acids is 1. The van der Waals surface area contributed by atoms with Crippen molar-refractivity contribution in [3.05, 3.63) is 76.5 Å². The number of hydrogen-bond acceptors (Lipinski definition) is 7. The van der Waals surface area contributed by atoms with Gasteiger partial charge in [-0.3, -0.25) is 4.90 Å². The topological polar surface area (TPSA) is 84.4 Å². The smallest absolute Gasteiger partial charge is 0.416 e. The summed E-state index contributed by atoms with van der Waals surface area (Å²) in [5.41, 5.74) is -1.43. The van der Waals surface area contributed by atoms with E-state index < -0.39 is 59.0 Å². The lowest BCUT2D eigenvalue weighted by Gasteiger charge is -2.33. The van der Waals surface area contributed by atoms with E-state index in [-0.39, 0.29) is 12.6 Å². The second-order valence-corrected chi connectivity index (χ2v) is 12.7. The van der Waals surface area contributed by atoms with Crippen molar-refractivity contribution in [2.45, 2.75) is 76.4 Å². The number of alkyl halides is 6. The van der Waals surface area contributed by atoms with Crippen LogP contribution in [-0.4, -0.2) is 60.7 Å². The molecule has 14 heteroatoms. The molecule has 3 aromatic rings. The Balaban J connectivity index is 1.55. The summed E-state index contributed by atoms with van der Waals surface area (Å²) in [6, 6.07) is 9.52. The molecule has 2 aromatic carbocycles. The summed E-state index contributed by atoms with van der Waals surface area (Å²) in [5, 5.41) is 10.2. The third-order valence-corrected chi connectivity index (χ3v) is 9.02. The van der Waals surface area contributed by atoms with Gasteiger partial charge in [0.2, 0.25) is 0 Å². The summed E-state index contributed by atoms with van der Waals surface area (Å²) in [6.45, 7) is 6.81. The van der Waals surface area contributed by atoms with E-state index in [4.69, 9.17) is 19.2 Å². The molecule has 2 aliphatic heterocycles. The summed E-state index contributed by atoms with van der Waals surface area (Å²) in [7, 11) is 2.92. The lowest BCUT2D eigenvalue weighted by Crippen LogP contribution is -2.38. The van der Waals surface area contributed by atoms with Crippen molar-refractivity contribution in [1.29, 1.82) is 0 Å². The van der Waals surface area contributed by atoms with Crippen LogP contribution in [0.25, 0.3) is 11.1 Å². The van der Waals surface area contributed by atoms with Gasteiger partial charge in [0.15, 0.2) is 6.29 Å². The van der Waals surface area contributed by atoms with E-state index in [1.165, 1.54) is 26.0 Å². The molecule has 3 atom stereocenters. The molecule has 2 saturated heterocycles. The van der Waals surface area contributed by atoms with Crippen molar-refractivity contribution in [3.63, 3.8) is 0 Å². The number of amides is 1. The van der Waals surface area contributed by atoms with Gasteiger partial charge in [0.1, 0.15) is 17.7 Å². The Labute approximate surface area is 274 Å². The molecule has 2 aliphatic rings. The number of cyclic esters (lactones) is 1. The summed E-state index contributed by atoms with van der Waals surface area (Å²) in [6.07, 6.45) is -12.2. The van der Waals surface area contributed by atoms with Crippen LogP contribution in [-0.2, 0) is 33.8 Å². The Morgan fingerprint density at radius 1 is 0.938 bits per heavy atom. The first-order valence-electron chi connectivity index (χ1n) is 15.3. The normalized spacial score (nSPS) is 19.3. The van der Waals surface area contributed by atoms with Crippen molar-refractivity contribution < 1.29 is 50.5 Å². The lowest BCUT2D eigenvalue weighted by molar-refractivity contribution is -0.143. The Hall–Kier alpha value is -4.04. The van der Waals surface area contributed by atoms with E-state index >= 15 is 0 Å². The highest BCUT2D eigenvalue weighted by Crippen LogP contribution is 2.43. The van der Waals surface area contributed by atoms with Gasteiger partial charge < -0.3 is 24.2 Å². The number of aliphatic hydroxyl groups excluding tert-OH is 1. The lowest BCUT2D eigenvalue weighted by atomic mass is 9.80. The number of anilines is 1. The maximum Gasteiger partial charge on any atom is 0.416 e. The molecule has 1 aromatic heterocycles. The Kier molecular flexibility index (Phi) is 9.63. The monoisotopic (exact) mass is 681 g/mol. The van der Waals surface area contributed by atoms with Crippen molar-refractivity contribution in [3.8, 4) is 16.9 Å². The summed E-state index contributed by atoms with van der Waals surface area (Å²) < 4.78 is 97.9. The molecule has 0 radical (unpaired) electrons. The molecule has 5 rings (SSSR count). The zero-order chi connectivity index (χ0) is 35.2. The number of ether oxygens (including phenoxy) is 3. The van der Waals surface area contributed by atoms with Crippen LogP contribution in [0, 0.1) is 0 Å². The van der Waals surface area contributed by atoms with Gasteiger partial charge in [-0.25, -0.2) is 9.78 Å². The van der Waals surface area contributed by atoms with Gasteiger partial charge in [-0.05, 0) is 72.4 Å². The summed E-state index contributed by atoms with van der Waals surface area (Å²) >= 11 is 0. The first-order valence-corrected chi connectivity index (χ1v) is 15.3. The van der Waals surface area contributed by atoms with Crippen LogP contribution in [0.2, 0.25) is 0 Å². The van der Waals surface area contributed by atoms with E-state index in [0.717, 1.165) is 25.1 Å². The Bertz CT molecular complexity index is 1620. The van der Waals surface area contributed by atoms with Crippen LogP contribution in [0.3, 0.4) is 0 Å². The van der Waals surface area contributed by atoms with Crippen LogP contribution in [0.15, 0.2) is 48.5 Å². The Morgan fingerprint density at radius 3 is 2.12 bits per heavy atom. The van der Waals surface area contributed by atoms with Crippen molar-refractivity contribution in [2.75, 3.05) is 32.2 Å². The predicted molar refractivity (Wildman–Crippen MR) is 164 cm³/mol. The molecule has 3 heterocycles. The summed E-state index contributed by atoms with van der Waals surface area (Å²) in [5.74, 6) is 1.16. The number of rotatable bonds is 10. The van der Waals surface area contributed by atoms with Gasteiger partial charge in [-0.1, -0.05) is 19.9 Å². The zero-order valence-corrected chi connectivity index (χ0v) is 27.1. The fraction of sp³-hybridized carbons (Fsp3) is 0.471. The number of methoxy groups -OCH3 is 2. The SMILES string of the molecule is COc1ccc(C(C)(C)CC(O)OC)cc1-c1ccc(N2CCC2)nc1CN1C(=O)O[C@H](c2cc(C(F)(F)F)cc(C(F)(F)F)c2)[C@@H]1C. The first kappa shape index (κ1) is 35.3. The van der Waals surface area contributed by atoms with E-state index in [2.05, 4.69) is 0 Å². The number of pyridine rings is 1. The van der Waals surface area contributed by atoms with Gasteiger partial charge in [0, 0.05) is 37.7 Å². The van der Waals surface area contributed by atoms with Crippen LogP contribution in [0.1, 0.15) is 67.7 Å². The highest BCUT2D eigenvalue weighted by atomic mass is 19.4. The molecular weight excluding hydrogens is 644 g/mol. The molecule has 8 nitrogen and oxygen atoms in total. The quantitative estimate of drug-likeness (QED) is 0.173. The van der Waals surface area contributed by atoms with Crippen molar-refractivity contribution in [1.82, 2.24) is 9.88 Å². The number of benzene rings is 2. The molecule has 1 amide bonds. The highest BCUT2D eigenvalue weighted by molar-refractivity contribution is 5.76. The van der Waals surface area contributed by atoms with Gasteiger partial charge in [0.05, 0.1) is 36.5 Å². The third-order valence-electron chi connectivity index (χ3n) is 9.02. The fourth-order valence-corrected chi connectivity index (χ4v) is 6.02. The molecular formula is C34H37F6N3O5. The number of hydrogen-bond donors (Lipinski definition) is 1. The van der Waals surface area contributed by atoms with E-state index in [1.807, 2.05) is 43.0 Å². The van der Waals surface area contributed by atoms with E-state index in [1.54, 1.807) is 6.07 Å². The zero-order valence-electron chi connectivity index (χ0n) is 27.1. The van der Waals surface area contributed by atoms with Gasteiger partial charge in [0.25, 0.3) is 0 Å². The van der Waals surface area contributed by atoms with Gasteiger partial charge >= 0.3 is 18.4 Å². The number of aromatic nitrogens is 1. The maximum absolute atomic E-state index is 13.6. The van der Waals surface area contributed by atoms with Crippen molar-refractivity contribution >= 4 is 11.9 Å². The highest BCUT2D eigenvalue weighted by Gasteiger charge is 2.44. The molecule has 1 N–H and O–H groups in total. The van der Waals surface area contributed by atoms with Gasteiger partial charge in [-0.2, -0.15) is 26.3 Å². The molecule has 2 fully saturated rings. The second kappa shape index (κ2) is 13.1. The fourth-order valence-electron chi connectivity index (χ4n) is 6.02. The molecule has 0 aliphatic carbocycles. The second-order valence-electron chi connectivity index (χ2n) is 12.7. The molecule has 1 unspecified atom stereocenters. The minimum Gasteiger partial charge on any atom is -0.496 e. The van der Waals surface area contributed by atoms with Crippen LogP contribution in [0.5, 0.6) is 5.75 Å². The van der Waals surface area contributed by atoms with E-state index in [9.17, 15) is 36.2 Å². The molecule has 48 heavy (non-hydrogen) atoms. The molecule has 0 bridgehead atoms. The molecule has 0 spiro atoms. The number of nitrogens with zero attached hydrogens (tertiary/aromatic N) is 3. The Morgan fingerprint density at radius 2 is 1.58 bits per heavy atom. The minimum atomic E-state index is -5.05. The number of halogens is 6. The van der Waals surface area contributed by atoms with Gasteiger partial charge in [-0.15, -0.1) is 0 Å². The standard InChI is InChI=1S/C34H37F6N3O5/c1-19-30(20-13-22(33(35,36)37)15-23(14-20)34(38,39)40)48-31(45)43(19)18-26-24(8-10-28(41-26)42-11-6-12-42)25-16-21(7-9-27(25)46-4)32(2,3)17-29(44)47-5/h7-10,13-16,19,29-30,44H,6,11-12,17-18H2,1-5H3/t19-,29?,30-/m0/s1. The largest absolute Gasteiger partial charge is 0.496 e. The molecule has 260 valence electrons. The average molecular weight is 682 g/mol. The van der Waals surface area contributed by atoms with Crippen molar-refractivity contribution in [2.24, 2.45) is 0 Å². The van der Waals surface area contributed by atoms with Crippen LogP contribution in [0.4, 0.5) is 37.0 Å². The number of aliphatic hydroxyl groups is 1. The van der Waals surface area contributed by atoms with E-state index in [0.29, 0.717) is 46.9 Å². The first-order chi connectivity index (χ1) is 22.4. The predicted octanol–water partition coefficient (Wildman–Crippen LogP) is 7.72. The number of carbonyl (C=O) groups is 1. The third kappa shape index (κ3) is 7.19. The van der Waals surface area contributed by atoms with Crippen LogP contribution < -0.4 is 9.64 Å². The molecule has 0 saturated carbocycles. The van der Waals surface area contributed by atoms with Crippen LogP contribution >= 0.6 is 0 Å². The minimum absolute atomic E-state index is 0.0406. The average Bonchev–Trinajstić information content (AvgIpc) is 3.27.